The molecule has 0 fully saturated rings. The summed E-state index contributed by atoms with van der Waals surface area (Å²) in [5.41, 5.74) is 6.02. The SMILES string of the molecule is COC(=O)c1ccc(COc2ccc(/C=N/Nc3ccc(Cl)c(Cl)c3)cc2)cc1. The van der Waals surface area contributed by atoms with Crippen molar-refractivity contribution >= 4 is 41.1 Å². The van der Waals surface area contributed by atoms with Crippen LogP contribution in [0.25, 0.3) is 0 Å². The lowest BCUT2D eigenvalue weighted by atomic mass is 10.1. The van der Waals surface area contributed by atoms with Crippen LogP contribution >= 0.6 is 23.2 Å². The van der Waals surface area contributed by atoms with Crippen molar-refractivity contribution in [1.82, 2.24) is 0 Å². The fourth-order valence-corrected chi connectivity index (χ4v) is 2.72. The summed E-state index contributed by atoms with van der Waals surface area (Å²) in [7, 11) is 1.36. The molecule has 0 heterocycles. The molecule has 0 unspecified atom stereocenters. The predicted molar refractivity (Wildman–Crippen MR) is 116 cm³/mol. The van der Waals surface area contributed by atoms with Crippen LogP contribution in [0.2, 0.25) is 10.0 Å². The summed E-state index contributed by atoms with van der Waals surface area (Å²) in [5, 5.41) is 5.14. The molecule has 0 aliphatic carbocycles. The number of hydrogen-bond acceptors (Lipinski definition) is 5. The normalized spacial score (nSPS) is 10.7. The first-order valence-corrected chi connectivity index (χ1v) is 9.45. The fraction of sp³-hybridized carbons (Fsp3) is 0.0909. The molecule has 1 N–H and O–H groups in total. The van der Waals surface area contributed by atoms with Crippen LogP contribution in [0.4, 0.5) is 5.69 Å². The van der Waals surface area contributed by atoms with E-state index in [9.17, 15) is 4.79 Å². The maximum Gasteiger partial charge on any atom is 0.337 e. The van der Waals surface area contributed by atoms with Crippen molar-refractivity contribution in [2.24, 2.45) is 5.10 Å². The van der Waals surface area contributed by atoms with Crippen molar-refractivity contribution in [3.63, 3.8) is 0 Å². The highest BCUT2D eigenvalue weighted by molar-refractivity contribution is 6.42. The quantitative estimate of drug-likeness (QED) is 0.293. The fourth-order valence-electron chi connectivity index (χ4n) is 2.42. The molecular weight excluding hydrogens is 411 g/mol. The second-order valence-electron chi connectivity index (χ2n) is 6.05. The van der Waals surface area contributed by atoms with Gasteiger partial charge in [-0.1, -0.05) is 35.3 Å². The molecule has 0 saturated carbocycles. The number of nitrogens with zero attached hydrogens (tertiary/aromatic N) is 1. The number of hydrazone groups is 1. The van der Waals surface area contributed by atoms with Crippen LogP contribution in [-0.4, -0.2) is 19.3 Å². The van der Waals surface area contributed by atoms with Gasteiger partial charge in [-0.05, 0) is 65.7 Å². The van der Waals surface area contributed by atoms with E-state index in [-0.39, 0.29) is 5.97 Å². The van der Waals surface area contributed by atoms with E-state index in [1.54, 1.807) is 36.5 Å². The Hall–Kier alpha value is -3.02. The lowest BCUT2D eigenvalue weighted by Gasteiger charge is -2.07. The van der Waals surface area contributed by atoms with Gasteiger partial charge in [0.15, 0.2) is 0 Å². The molecule has 0 saturated heterocycles. The summed E-state index contributed by atoms with van der Waals surface area (Å²) >= 11 is 11.9. The maximum atomic E-state index is 11.4. The van der Waals surface area contributed by atoms with Gasteiger partial charge in [-0.3, -0.25) is 5.43 Å². The number of anilines is 1. The molecule has 7 heteroatoms. The first-order chi connectivity index (χ1) is 14.0. The third-order valence-electron chi connectivity index (χ3n) is 3.99. The summed E-state index contributed by atoms with van der Waals surface area (Å²) in [6.07, 6.45) is 1.69. The van der Waals surface area contributed by atoms with Crippen molar-refractivity contribution in [3.05, 3.63) is 93.5 Å². The highest BCUT2D eigenvalue weighted by atomic mass is 35.5. The average Bonchev–Trinajstić information content (AvgIpc) is 2.75. The van der Waals surface area contributed by atoms with Crippen molar-refractivity contribution in [3.8, 4) is 5.75 Å². The largest absolute Gasteiger partial charge is 0.489 e. The average molecular weight is 429 g/mol. The minimum Gasteiger partial charge on any atom is -0.489 e. The number of carbonyl (C=O) groups is 1. The van der Waals surface area contributed by atoms with E-state index in [4.69, 9.17) is 27.9 Å². The lowest BCUT2D eigenvalue weighted by Crippen LogP contribution is -2.02. The molecule has 3 rings (SSSR count). The van der Waals surface area contributed by atoms with E-state index in [0.717, 1.165) is 22.6 Å². The summed E-state index contributed by atoms with van der Waals surface area (Å²) in [5.74, 6) is 0.375. The molecule has 5 nitrogen and oxygen atoms in total. The Morgan fingerprint density at radius 1 is 1.00 bits per heavy atom. The van der Waals surface area contributed by atoms with Gasteiger partial charge in [0, 0.05) is 0 Å². The van der Waals surface area contributed by atoms with Gasteiger partial charge in [0.2, 0.25) is 0 Å². The van der Waals surface area contributed by atoms with Crippen molar-refractivity contribution in [2.75, 3.05) is 12.5 Å². The Labute approximate surface area is 178 Å². The molecule has 3 aromatic carbocycles. The van der Waals surface area contributed by atoms with Crippen LogP contribution in [0.15, 0.2) is 71.8 Å². The number of hydrogen-bond donors (Lipinski definition) is 1. The molecule has 148 valence electrons. The first kappa shape index (κ1) is 20.7. The monoisotopic (exact) mass is 428 g/mol. The highest BCUT2D eigenvalue weighted by Gasteiger charge is 2.04. The Kier molecular flexibility index (Phi) is 7.11. The molecule has 0 radical (unpaired) electrons. The van der Waals surface area contributed by atoms with Gasteiger partial charge < -0.3 is 9.47 Å². The van der Waals surface area contributed by atoms with Crippen LogP contribution in [0, 0.1) is 0 Å². The third-order valence-corrected chi connectivity index (χ3v) is 4.73. The minimum absolute atomic E-state index is 0.358. The van der Waals surface area contributed by atoms with Crippen LogP contribution in [0.3, 0.4) is 0 Å². The standard InChI is InChI=1S/C22H18Cl2N2O3/c1-28-22(27)17-6-2-16(3-7-17)14-29-19-9-4-15(5-10-19)13-25-26-18-8-11-20(23)21(24)12-18/h2-13,26H,14H2,1H3/b25-13+. The number of esters is 1. The minimum atomic E-state index is -0.358. The second-order valence-corrected chi connectivity index (χ2v) is 6.86. The van der Waals surface area contributed by atoms with Crippen molar-refractivity contribution < 1.29 is 14.3 Å². The Bertz CT molecular complexity index is 1000. The molecule has 29 heavy (non-hydrogen) atoms. The van der Waals surface area contributed by atoms with Crippen LogP contribution in [-0.2, 0) is 11.3 Å². The van der Waals surface area contributed by atoms with Gasteiger partial charge >= 0.3 is 5.97 Å². The zero-order valence-corrected chi connectivity index (χ0v) is 17.1. The van der Waals surface area contributed by atoms with E-state index in [2.05, 4.69) is 15.3 Å². The molecule has 0 atom stereocenters. The van der Waals surface area contributed by atoms with E-state index in [1.165, 1.54) is 7.11 Å². The number of benzene rings is 3. The second kappa shape index (κ2) is 9.96. The molecule has 0 amide bonds. The van der Waals surface area contributed by atoms with E-state index in [0.29, 0.717) is 22.2 Å². The van der Waals surface area contributed by atoms with Crippen molar-refractivity contribution in [2.45, 2.75) is 6.61 Å². The van der Waals surface area contributed by atoms with Crippen LogP contribution < -0.4 is 10.2 Å². The predicted octanol–water partition coefficient (Wildman–Crippen LogP) is 5.81. The Balaban J connectivity index is 1.51. The summed E-state index contributed by atoms with van der Waals surface area (Å²) < 4.78 is 10.5. The zero-order chi connectivity index (χ0) is 20.6. The highest BCUT2D eigenvalue weighted by Crippen LogP contribution is 2.25. The molecule has 3 aromatic rings. The third kappa shape index (κ3) is 5.98. The smallest absolute Gasteiger partial charge is 0.337 e. The van der Waals surface area contributed by atoms with Crippen LogP contribution in [0.1, 0.15) is 21.5 Å². The van der Waals surface area contributed by atoms with Gasteiger partial charge in [-0.15, -0.1) is 0 Å². The molecule has 0 aliphatic rings. The Morgan fingerprint density at radius 3 is 2.38 bits per heavy atom. The maximum absolute atomic E-state index is 11.4. The molecular formula is C22H18Cl2N2O3. The topological polar surface area (TPSA) is 59.9 Å². The molecule has 0 spiro atoms. The molecule has 0 aliphatic heterocycles. The van der Waals surface area contributed by atoms with Gasteiger partial charge in [0.05, 0.1) is 34.6 Å². The Morgan fingerprint density at radius 2 is 1.72 bits per heavy atom. The molecule has 0 bridgehead atoms. The summed E-state index contributed by atoms with van der Waals surface area (Å²) in [6, 6.07) is 19.8. The first-order valence-electron chi connectivity index (χ1n) is 8.69. The van der Waals surface area contributed by atoms with Gasteiger partial charge in [0.1, 0.15) is 12.4 Å². The number of nitrogens with one attached hydrogen (secondary N) is 1. The summed E-state index contributed by atoms with van der Waals surface area (Å²) in [4.78, 5) is 11.4. The van der Waals surface area contributed by atoms with E-state index >= 15 is 0 Å². The zero-order valence-electron chi connectivity index (χ0n) is 15.6. The van der Waals surface area contributed by atoms with Crippen molar-refractivity contribution in [1.29, 1.82) is 0 Å². The van der Waals surface area contributed by atoms with E-state index in [1.807, 2.05) is 36.4 Å². The van der Waals surface area contributed by atoms with Gasteiger partial charge in [0.25, 0.3) is 0 Å². The summed E-state index contributed by atoms with van der Waals surface area (Å²) in [6.45, 7) is 0.397. The number of halogens is 2. The number of rotatable bonds is 7. The molecule has 0 aromatic heterocycles. The van der Waals surface area contributed by atoms with Crippen LogP contribution in [0.5, 0.6) is 5.75 Å². The number of carbonyl (C=O) groups excluding carboxylic acids is 1. The number of ether oxygens (including phenoxy) is 2. The number of methoxy groups -OCH3 is 1. The van der Waals surface area contributed by atoms with Gasteiger partial charge in [-0.25, -0.2) is 4.79 Å². The van der Waals surface area contributed by atoms with E-state index < -0.39 is 0 Å². The lowest BCUT2D eigenvalue weighted by molar-refractivity contribution is 0.0600. The van der Waals surface area contributed by atoms with Gasteiger partial charge in [-0.2, -0.15) is 5.10 Å².